The quantitative estimate of drug-likeness (QED) is 0.718. The molecule has 25 heavy (non-hydrogen) atoms. The van der Waals surface area contributed by atoms with Crippen molar-refractivity contribution in [2.45, 2.75) is 58.5 Å². The Morgan fingerprint density at radius 3 is 2.28 bits per heavy atom. The van der Waals surface area contributed by atoms with Gasteiger partial charge in [0.15, 0.2) is 0 Å². The Kier molecular flexibility index (Phi) is 5.40. The van der Waals surface area contributed by atoms with Gasteiger partial charge in [-0.25, -0.2) is 4.79 Å². The van der Waals surface area contributed by atoms with Gasteiger partial charge < -0.3 is 14.5 Å². The van der Waals surface area contributed by atoms with Crippen LogP contribution in [0, 0.1) is 17.8 Å². The largest absolute Gasteiger partial charge is 0.444 e. The summed E-state index contributed by atoms with van der Waals surface area (Å²) in [7, 11) is 0. The number of nitrogens with zero attached hydrogens (tertiary/aromatic N) is 2. The molecular weight excluding hydrogens is 316 g/mol. The number of amides is 2. The van der Waals surface area contributed by atoms with E-state index in [1.165, 1.54) is 6.42 Å². The molecule has 0 unspecified atom stereocenters. The molecule has 0 aromatic rings. The Labute approximate surface area is 151 Å². The fourth-order valence-corrected chi connectivity index (χ4v) is 4.34. The highest BCUT2D eigenvalue weighted by atomic mass is 16.6. The maximum atomic E-state index is 12.7. The second-order valence-corrected chi connectivity index (χ2v) is 8.80. The highest BCUT2D eigenvalue weighted by Gasteiger charge is 2.37. The highest BCUT2D eigenvalue weighted by Crippen LogP contribution is 2.33. The molecule has 2 aliphatic heterocycles. The van der Waals surface area contributed by atoms with Gasteiger partial charge in [0.2, 0.25) is 5.91 Å². The van der Waals surface area contributed by atoms with Crippen molar-refractivity contribution < 1.29 is 14.3 Å². The SMILES string of the molecule is CC(C)(C)OC(=O)N1CC[C@@H]([C@H]2CCCN(C(=O)C3CC=CC3)C2)C1. The van der Waals surface area contributed by atoms with Gasteiger partial charge in [-0.3, -0.25) is 4.79 Å². The Balaban J connectivity index is 1.52. The molecule has 2 heterocycles. The maximum absolute atomic E-state index is 12.7. The second kappa shape index (κ2) is 7.38. The van der Waals surface area contributed by atoms with Crippen LogP contribution in [0.4, 0.5) is 4.79 Å². The molecule has 0 aromatic carbocycles. The number of hydrogen-bond acceptors (Lipinski definition) is 3. The van der Waals surface area contributed by atoms with Crippen molar-refractivity contribution in [1.29, 1.82) is 0 Å². The highest BCUT2D eigenvalue weighted by molar-refractivity contribution is 5.79. The summed E-state index contributed by atoms with van der Waals surface area (Å²) in [5, 5.41) is 0. The Hall–Kier alpha value is -1.52. The minimum Gasteiger partial charge on any atom is -0.444 e. The van der Waals surface area contributed by atoms with E-state index in [0.717, 1.165) is 51.9 Å². The number of rotatable bonds is 2. The molecule has 0 aromatic heterocycles. The van der Waals surface area contributed by atoms with E-state index in [1.807, 2.05) is 25.7 Å². The van der Waals surface area contributed by atoms with Gasteiger partial charge in [0.1, 0.15) is 5.60 Å². The van der Waals surface area contributed by atoms with E-state index in [-0.39, 0.29) is 12.0 Å². The normalized spacial score (nSPS) is 27.8. The predicted octanol–water partition coefficient (Wildman–Crippen LogP) is 3.45. The molecule has 2 amide bonds. The summed E-state index contributed by atoms with van der Waals surface area (Å²) >= 11 is 0. The van der Waals surface area contributed by atoms with E-state index in [0.29, 0.717) is 17.7 Å². The average molecular weight is 348 g/mol. The molecule has 5 nitrogen and oxygen atoms in total. The Bertz CT molecular complexity index is 530. The van der Waals surface area contributed by atoms with E-state index < -0.39 is 5.60 Å². The van der Waals surface area contributed by atoms with Crippen molar-refractivity contribution in [3.8, 4) is 0 Å². The third kappa shape index (κ3) is 4.56. The summed E-state index contributed by atoms with van der Waals surface area (Å²) in [6, 6.07) is 0. The van der Waals surface area contributed by atoms with Crippen LogP contribution in [0.1, 0.15) is 52.9 Å². The number of piperidine rings is 1. The third-order valence-corrected chi connectivity index (χ3v) is 5.67. The van der Waals surface area contributed by atoms with E-state index in [2.05, 4.69) is 17.1 Å². The fraction of sp³-hybridized carbons (Fsp3) is 0.800. The first kappa shape index (κ1) is 18.3. The van der Waals surface area contributed by atoms with Crippen LogP contribution in [0.3, 0.4) is 0 Å². The summed E-state index contributed by atoms with van der Waals surface area (Å²) in [6.45, 7) is 9.02. The van der Waals surface area contributed by atoms with Crippen LogP contribution in [-0.4, -0.2) is 53.6 Å². The van der Waals surface area contributed by atoms with Crippen molar-refractivity contribution in [3.05, 3.63) is 12.2 Å². The molecule has 0 N–H and O–H groups in total. The van der Waals surface area contributed by atoms with Crippen molar-refractivity contribution in [3.63, 3.8) is 0 Å². The van der Waals surface area contributed by atoms with E-state index in [4.69, 9.17) is 4.74 Å². The van der Waals surface area contributed by atoms with Gasteiger partial charge in [-0.15, -0.1) is 0 Å². The van der Waals surface area contributed by atoms with Crippen molar-refractivity contribution >= 4 is 12.0 Å². The smallest absolute Gasteiger partial charge is 0.410 e. The molecule has 0 radical (unpaired) electrons. The average Bonchev–Trinajstić information content (AvgIpc) is 3.24. The molecule has 3 aliphatic rings. The van der Waals surface area contributed by atoms with Crippen LogP contribution >= 0.6 is 0 Å². The maximum Gasteiger partial charge on any atom is 0.410 e. The molecular formula is C20H32N2O3. The standard InChI is InChI=1S/C20H32N2O3/c1-20(2,3)25-19(24)22-12-10-17(14-22)16-9-6-11-21(13-16)18(23)15-7-4-5-8-15/h4-5,15-17H,6-14H2,1-3H3/t16-,17+/m0/s1. The summed E-state index contributed by atoms with van der Waals surface area (Å²) in [6.07, 6.45) is 9.12. The molecule has 2 atom stereocenters. The van der Waals surface area contributed by atoms with Gasteiger partial charge in [-0.05, 0) is 64.7 Å². The molecule has 1 aliphatic carbocycles. The van der Waals surface area contributed by atoms with Crippen LogP contribution in [0.15, 0.2) is 12.2 Å². The van der Waals surface area contributed by atoms with Crippen molar-refractivity contribution in [1.82, 2.24) is 9.80 Å². The molecule has 5 heteroatoms. The molecule has 0 saturated carbocycles. The monoisotopic (exact) mass is 348 g/mol. The van der Waals surface area contributed by atoms with Crippen molar-refractivity contribution in [2.24, 2.45) is 17.8 Å². The number of likely N-dealkylation sites (tertiary alicyclic amines) is 2. The minimum atomic E-state index is -0.446. The number of carbonyl (C=O) groups is 2. The van der Waals surface area contributed by atoms with Gasteiger partial charge in [0, 0.05) is 32.1 Å². The Morgan fingerprint density at radius 2 is 1.60 bits per heavy atom. The fourth-order valence-electron chi connectivity index (χ4n) is 4.34. The zero-order valence-corrected chi connectivity index (χ0v) is 15.9. The lowest BCUT2D eigenvalue weighted by Gasteiger charge is -2.37. The molecule has 0 bridgehead atoms. The third-order valence-electron chi connectivity index (χ3n) is 5.67. The van der Waals surface area contributed by atoms with Gasteiger partial charge in [0.25, 0.3) is 0 Å². The van der Waals surface area contributed by atoms with Gasteiger partial charge >= 0.3 is 6.09 Å². The number of ether oxygens (including phenoxy) is 1. The predicted molar refractivity (Wildman–Crippen MR) is 97.1 cm³/mol. The first-order chi connectivity index (χ1) is 11.8. The van der Waals surface area contributed by atoms with Gasteiger partial charge in [-0.2, -0.15) is 0 Å². The first-order valence-corrected chi connectivity index (χ1v) is 9.75. The van der Waals surface area contributed by atoms with Crippen molar-refractivity contribution in [2.75, 3.05) is 26.2 Å². The van der Waals surface area contributed by atoms with Crippen LogP contribution in [-0.2, 0) is 9.53 Å². The van der Waals surface area contributed by atoms with E-state index >= 15 is 0 Å². The Morgan fingerprint density at radius 1 is 0.960 bits per heavy atom. The van der Waals surface area contributed by atoms with Crippen LogP contribution < -0.4 is 0 Å². The molecule has 3 rings (SSSR count). The second-order valence-electron chi connectivity index (χ2n) is 8.80. The zero-order valence-electron chi connectivity index (χ0n) is 15.9. The molecule has 2 fully saturated rings. The number of hydrogen-bond donors (Lipinski definition) is 0. The molecule has 140 valence electrons. The molecule has 2 saturated heterocycles. The van der Waals surface area contributed by atoms with Gasteiger partial charge in [-0.1, -0.05) is 12.2 Å². The van der Waals surface area contributed by atoms with E-state index in [1.54, 1.807) is 0 Å². The summed E-state index contributed by atoms with van der Waals surface area (Å²) in [5.41, 5.74) is -0.446. The molecule has 0 spiro atoms. The lowest BCUT2D eigenvalue weighted by molar-refractivity contribution is -0.137. The number of allylic oxidation sites excluding steroid dienone is 2. The zero-order chi connectivity index (χ0) is 18.0. The summed E-state index contributed by atoms with van der Waals surface area (Å²) < 4.78 is 5.50. The van der Waals surface area contributed by atoms with Gasteiger partial charge in [0.05, 0.1) is 0 Å². The van der Waals surface area contributed by atoms with Crippen LogP contribution in [0.2, 0.25) is 0 Å². The topological polar surface area (TPSA) is 49.9 Å². The number of carbonyl (C=O) groups excluding carboxylic acids is 2. The summed E-state index contributed by atoms with van der Waals surface area (Å²) in [5.74, 6) is 1.50. The van der Waals surface area contributed by atoms with Crippen LogP contribution in [0.25, 0.3) is 0 Å². The minimum absolute atomic E-state index is 0.167. The first-order valence-electron chi connectivity index (χ1n) is 9.75. The van der Waals surface area contributed by atoms with E-state index in [9.17, 15) is 9.59 Å². The lowest BCUT2D eigenvalue weighted by atomic mass is 9.84. The lowest BCUT2D eigenvalue weighted by Crippen LogP contribution is -2.45. The van der Waals surface area contributed by atoms with Crippen LogP contribution in [0.5, 0.6) is 0 Å². The summed E-state index contributed by atoms with van der Waals surface area (Å²) in [4.78, 5) is 28.9.